The van der Waals surface area contributed by atoms with Gasteiger partial charge < -0.3 is 0 Å². The Labute approximate surface area is 88.2 Å². The molecule has 0 aliphatic rings. The van der Waals surface area contributed by atoms with Crippen LogP contribution >= 0.6 is 0 Å². The fraction of sp³-hybridized carbons (Fsp3) is 0.0909. The van der Waals surface area contributed by atoms with E-state index < -0.39 is 0 Å². The molecule has 0 unspecified atom stereocenters. The van der Waals surface area contributed by atoms with Crippen molar-refractivity contribution < 1.29 is 10.2 Å². The van der Waals surface area contributed by atoms with Crippen molar-refractivity contribution in [1.82, 2.24) is 0 Å². The van der Waals surface area contributed by atoms with Crippen molar-refractivity contribution in [2.75, 3.05) is 0 Å². The first-order chi connectivity index (χ1) is 6.79. The molecule has 2 aromatic rings. The monoisotopic (exact) mass is 254 g/mol. The molecule has 0 aliphatic heterocycles. The van der Waals surface area contributed by atoms with E-state index in [1.165, 1.54) is 4.44 Å². The van der Waals surface area contributed by atoms with Gasteiger partial charge in [0.05, 0.1) is 0 Å². The molecule has 0 saturated carbocycles. The van der Waals surface area contributed by atoms with Crippen LogP contribution in [0.25, 0.3) is 10.0 Å². The summed E-state index contributed by atoms with van der Waals surface area (Å²) in [4.78, 5) is 0. The van der Waals surface area contributed by atoms with Gasteiger partial charge in [-0.25, -0.2) is 0 Å². The number of benzene rings is 1. The third-order valence-corrected chi connectivity index (χ3v) is 4.32. The number of phenolic OH excluding ortho intramolecular Hbond substituents is 1. The van der Waals surface area contributed by atoms with Crippen LogP contribution in [-0.4, -0.2) is 24.7 Å². The van der Waals surface area contributed by atoms with Crippen molar-refractivity contribution in [1.29, 1.82) is 0 Å². The van der Waals surface area contributed by atoms with Crippen molar-refractivity contribution >= 4 is 14.5 Å². The summed E-state index contributed by atoms with van der Waals surface area (Å²) in [6.07, 6.45) is 0. The van der Waals surface area contributed by atoms with Gasteiger partial charge in [0.15, 0.2) is 0 Å². The Balaban J connectivity index is 2.34. The fourth-order valence-electron chi connectivity index (χ4n) is 1.24. The third kappa shape index (κ3) is 1.90. The number of aromatic hydroxyl groups is 1. The molecule has 3 heteroatoms. The summed E-state index contributed by atoms with van der Waals surface area (Å²) in [5, 5.41) is 18.1. The van der Waals surface area contributed by atoms with Gasteiger partial charge in [0, 0.05) is 0 Å². The van der Waals surface area contributed by atoms with E-state index in [2.05, 4.69) is 0 Å². The minimum absolute atomic E-state index is 0.151. The third-order valence-electron chi connectivity index (χ3n) is 1.97. The van der Waals surface area contributed by atoms with Crippen molar-refractivity contribution in [2.24, 2.45) is 0 Å². The van der Waals surface area contributed by atoms with Crippen molar-refractivity contribution in [2.45, 2.75) is 6.61 Å². The summed E-state index contributed by atoms with van der Waals surface area (Å²) in [7, 11) is 0. The Bertz CT molecular complexity index is 417. The van der Waals surface area contributed by atoms with Crippen LogP contribution in [0.4, 0.5) is 0 Å². The predicted octanol–water partition coefficient (Wildman–Crippen LogP) is 1.61. The average Bonchev–Trinajstić information content (AvgIpc) is 2.67. The van der Waals surface area contributed by atoms with E-state index in [0.717, 1.165) is 10.0 Å². The van der Waals surface area contributed by atoms with Gasteiger partial charge in [0.2, 0.25) is 0 Å². The first kappa shape index (κ1) is 9.53. The van der Waals surface area contributed by atoms with Crippen LogP contribution in [0.15, 0.2) is 36.4 Å². The summed E-state index contributed by atoms with van der Waals surface area (Å²) >= 11 is 0.242. The summed E-state index contributed by atoms with van der Waals surface area (Å²) in [5.74, 6) is 0.287. The Morgan fingerprint density at radius 1 is 1.00 bits per heavy atom. The standard InChI is InChI=1S/C11H10O2Se/c12-7-10-5-6-11(14-10)8-1-3-9(13)4-2-8/h1-6,12-13H,7H2. The Hall–Kier alpha value is -1.02. The van der Waals surface area contributed by atoms with Crippen LogP contribution in [0.3, 0.4) is 0 Å². The Morgan fingerprint density at radius 2 is 1.71 bits per heavy atom. The topological polar surface area (TPSA) is 40.5 Å². The molecule has 0 spiro atoms. The quantitative estimate of drug-likeness (QED) is 0.798. The molecule has 0 saturated heterocycles. The second kappa shape index (κ2) is 4.01. The second-order valence-electron chi connectivity index (χ2n) is 2.97. The van der Waals surface area contributed by atoms with Crippen LogP contribution in [-0.2, 0) is 6.61 Å². The van der Waals surface area contributed by atoms with Gasteiger partial charge in [0.1, 0.15) is 0 Å². The van der Waals surface area contributed by atoms with Crippen LogP contribution in [0.2, 0.25) is 0 Å². The van der Waals surface area contributed by atoms with Gasteiger partial charge in [-0.2, -0.15) is 0 Å². The molecular weight excluding hydrogens is 243 g/mol. The number of hydrogen-bond donors (Lipinski definition) is 2. The molecule has 1 aromatic heterocycles. The van der Waals surface area contributed by atoms with E-state index in [-0.39, 0.29) is 26.9 Å². The predicted molar refractivity (Wildman–Crippen MR) is 56.4 cm³/mol. The van der Waals surface area contributed by atoms with Crippen LogP contribution in [0.1, 0.15) is 4.44 Å². The molecule has 14 heavy (non-hydrogen) atoms. The number of aliphatic hydroxyl groups is 1. The number of phenols is 1. The fourth-order valence-corrected chi connectivity index (χ4v) is 3.08. The van der Waals surface area contributed by atoms with Gasteiger partial charge in [-0.3, -0.25) is 0 Å². The molecule has 2 N–H and O–H groups in total. The molecule has 1 aromatic carbocycles. The van der Waals surface area contributed by atoms with E-state index in [0.29, 0.717) is 0 Å². The average molecular weight is 253 g/mol. The molecule has 0 aliphatic carbocycles. The SMILES string of the molecule is OCc1ccc(-c2ccc(O)cc2)[se]1. The maximum atomic E-state index is 9.13. The zero-order valence-electron chi connectivity index (χ0n) is 7.47. The number of hydrogen-bond acceptors (Lipinski definition) is 2. The van der Waals surface area contributed by atoms with Crippen molar-refractivity contribution in [3.63, 3.8) is 0 Å². The van der Waals surface area contributed by atoms with Crippen molar-refractivity contribution in [3.8, 4) is 15.8 Å². The molecule has 0 amide bonds. The normalized spacial score (nSPS) is 10.4. The van der Waals surface area contributed by atoms with E-state index in [1.54, 1.807) is 12.1 Å². The Morgan fingerprint density at radius 3 is 2.29 bits per heavy atom. The minimum atomic E-state index is 0.151. The molecule has 0 radical (unpaired) electrons. The molecule has 0 bridgehead atoms. The molecular formula is C11H10O2Se. The van der Waals surface area contributed by atoms with E-state index >= 15 is 0 Å². The van der Waals surface area contributed by atoms with Gasteiger partial charge in [-0.05, 0) is 0 Å². The van der Waals surface area contributed by atoms with Crippen LogP contribution in [0.5, 0.6) is 5.75 Å². The Kier molecular flexibility index (Phi) is 2.73. The second-order valence-corrected chi connectivity index (χ2v) is 5.42. The first-order valence-corrected chi connectivity index (χ1v) is 6.00. The molecule has 0 atom stereocenters. The van der Waals surface area contributed by atoms with Gasteiger partial charge in [0.25, 0.3) is 0 Å². The van der Waals surface area contributed by atoms with Gasteiger partial charge in [-0.1, -0.05) is 0 Å². The van der Waals surface area contributed by atoms with Gasteiger partial charge in [-0.15, -0.1) is 0 Å². The van der Waals surface area contributed by atoms with E-state index in [1.807, 2.05) is 24.3 Å². The molecule has 72 valence electrons. The zero-order chi connectivity index (χ0) is 9.97. The molecule has 1 heterocycles. The molecule has 2 nitrogen and oxygen atoms in total. The van der Waals surface area contributed by atoms with Crippen molar-refractivity contribution in [3.05, 3.63) is 40.8 Å². The van der Waals surface area contributed by atoms with E-state index in [4.69, 9.17) is 10.2 Å². The summed E-state index contributed by atoms with van der Waals surface area (Å²) < 4.78 is 2.35. The summed E-state index contributed by atoms with van der Waals surface area (Å²) in [6.45, 7) is 0.151. The summed E-state index contributed by atoms with van der Waals surface area (Å²) in [5.41, 5.74) is 1.13. The summed E-state index contributed by atoms with van der Waals surface area (Å²) in [6, 6.07) is 11.2. The van der Waals surface area contributed by atoms with Crippen LogP contribution in [0, 0.1) is 0 Å². The molecule has 0 fully saturated rings. The number of rotatable bonds is 2. The number of aliphatic hydroxyl groups excluding tert-OH is 1. The van der Waals surface area contributed by atoms with E-state index in [9.17, 15) is 0 Å². The molecule has 2 rings (SSSR count). The maximum absolute atomic E-state index is 9.13. The van der Waals surface area contributed by atoms with Crippen LogP contribution < -0.4 is 0 Å². The first-order valence-electron chi connectivity index (χ1n) is 4.28. The zero-order valence-corrected chi connectivity index (χ0v) is 9.19. The van der Waals surface area contributed by atoms with Gasteiger partial charge >= 0.3 is 87.9 Å².